The number of nitriles is 1. The van der Waals surface area contributed by atoms with E-state index in [1.807, 2.05) is 39.8 Å². The number of nitrogens with two attached hydrogens (primary N) is 1. The van der Waals surface area contributed by atoms with Crippen LogP contribution in [0.5, 0.6) is 0 Å². The number of hydrogen-bond acceptors (Lipinski definition) is 7. The predicted molar refractivity (Wildman–Crippen MR) is 177 cm³/mol. The van der Waals surface area contributed by atoms with E-state index < -0.39 is 16.3 Å². The van der Waals surface area contributed by atoms with Crippen molar-refractivity contribution in [2.45, 2.75) is 57.1 Å². The summed E-state index contributed by atoms with van der Waals surface area (Å²) in [6, 6.07) is 15.8. The van der Waals surface area contributed by atoms with Gasteiger partial charge in [-0.05, 0) is 66.6 Å². The third-order valence-corrected chi connectivity index (χ3v) is 10.1. The molecule has 2 N–H and O–H groups in total. The highest BCUT2D eigenvalue weighted by atomic mass is 35.5. The number of hydrogen-bond donors (Lipinski definition) is 1. The van der Waals surface area contributed by atoms with Gasteiger partial charge in [0.25, 0.3) is 5.69 Å². The zero-order valence-corrected chi connectivity index (χ0v) is 27.6. The number of rotatable bonds is 6. The number of carbonyl (C=O) groups is 1. The van der Waals surface area contributed by atoms with Gasteiger partial charge in [-0.3, -0.25) is 19.8 Å². The Bertz CT molecular complexity index is 1840. The molecule has 2 aliphatic rings. The zero-order valence-electron chi connectivity index (χ0n) is 24.5. The van der Waals surface area contributed by atoms with Crippen molar-refractivity contribution < 1.29 is 9.72 Å². The number of non-ortho nitro benzene ring substituents is 1. The maximum Gasteiger partial charge on any atom is 0.271 e. The van der Waals surface area contributed by atoms with Crippen molar-refractivity contribution in [1.29, 1.82) is 5.26 Å². The van der Waals surface area contributed by atoms with Crippen molar-refractivity contribution >= 4 is 63.7 Å². The fourth-order valence-corrected chi connectivity index (χ4v) is 7.85. The first kappa shape index (κ1) is 31.9. The van der Waals surface area contributed by atoms with Crippen LogP contribution in [0.4, 0.5) is 11.4 Å². The topological polar surface area (TPSA) is 113 Å². The van der Waals surface area contributed by atoms with E-state index in [0.29, 0.717) is 45.6 Å². The Balaban J connectivity index is 1.68. The monoisotopic (exact) mass is 666 g/mol. The van der Waals surface area contributed by atoms with Gasteiger partial charge in [0.15, 0.2) is 5.78 Å². The fourth-order valence-electron chi connectivity index (χ4n) is 6.04. The van der Waals surface area contributed by atoms with Crippen LogP contribution in [0.1, 0.15) is 54.9 Å². The molecule has 0 bridgehead atoms. The summed E-state index contributed by atoms with van der Waals surface area (Å²) in [6.07, 6.45) is 0.780. The highest BCUT2D eigenvalue weighted by Gasteiger charge is 2.45. The second-order valence-corrected chi connectivity index (χ2v) is 14.1. The van der Waals surface area contributed by atoms with E-state index in [2.05, 4.69) is 12.1 Å². The molecule has 0 spiro atoms. The quantitative estimate of drug-likeness (QED) is 0.158. The molecule has 0 amide bonds. The second-order valence-electron chi connectivity index (χ2n) is 11.9. The van der Waals surface area contributed by atoms with Crippen molar-refractivity contribution in [2.24, 2.45) is 11.1 Å². The average molecular weight is 668 g/mol. The molecular weight excluding hydrogens is 639 g/mol. The molecule has 5 rings (SSSR count). The van der Waals surface area contributed by atoms with Crippen LogP contribution in [0.3, 0.4) is 0 Å². The van der Waals surface area contributed by atoms with Gasteiger partial charge < -0.3 is 5.73 Å². The highest BCUT2D eigenvalue weighted by Crippen LogP contribution is 2.52. The first-order valence-electron chi connectivity index (χ1n) is 13.8. The molecule has 1 aliphatic heterocycles. The Morgan fingerprint density at radius 3 is 2.48 bits per heavy atom. The van der Waals surface area contributed by atoms with Crippen molar-refractivity contribution in [3.05, 3.63) is 119 Å². The maximum absolute atomic E-state index is 14.1. The molecule has 0 saturated heterocycles. The molecule has 0 aromatic heterocycles. The number of benzene rings is 3. The van der Waals surface area contributed by atoms with Gasteiger partial charge >= 0.3 is 0 Å². The fraction of sp³-hybridized carbons (Fsp3) is 0.273. The molecule has 3 aromatic rings. The Labute approximate surface area is 275 Å². The summed E-state index contributed by atoms with van der Waals surface area (Å²) in [5.41, 5.74) is 11.7. The van der Waals surface area contributed by atoms with Crippen LogP contribution in [-0.4, -0.2) is 10.7 Å². The van der Waals surface area contributed by atoms with Gasteiger partial charge in [-0.1, -0.05) is 66.3 Å². The minimum absolute atomic E-state index is 0.0768. The van der Waals surface area contributed by atoms with Gasteiger partial charge in [0.2, 0.25) is 0 Å². The third kappa shape index (κ3) is 5.94. The molecule has 1 atom stereocenters. The van der Waals surface area contributed by atoms with E-state index >= 15 is 0 Å². The normalized spacial score (nSPS) is 17.9. The van der Waals surface area contributed by atoms with Crippen LogP contribution < -0.4 is 10.6 Å². The number of carbonyl (C=O) groups excluding carboxylic acids is 1. The summed E-state index contributed by atoms with van der Waals surface area (Å²) in [5.74, 6) is -0.0385. The molecule has 1 unspecified atom stereocenters. The number of ketones is 1. The molecule has 3 aromatic carbocycles. The molecule has 44 heavy (non-hydrogen) atoms. The number of halogens is 3. The second kappa shape index (κ2) is 12.1. The summed E-state index contributed by atoms with van der Waals surface area (Å²) < 4.78 is 0. The molecule has 226 valence electrons. The number of nitro groups is 1. The van der Waals surface area contributed by atoms with Crippen LogP contribution in [0.15, 0.2) is 76.1 Å². The average Bonchev–Trinajstić information content (AvgIpc) is 2.94. The van der Waals surface area contributed by atoms with Gasteiger partial charge in [-0.25, -0.2) is 0 Å². The van der Waals surface area contributed by atoms with Gasteiger partial charge in [0.1, 0.15) is 5.82 Å². The Kier molecular flexibility index (Phi) is 8.80. The van der Waals surface area contributed by atoms with Crippen molar-refractivity contribution in [2.75, 3.05) is 4.90 Å². The largest absolute Gasteiger partial charge is 0.384 e. The number of thioether (sulfide) groups is 1. The van der Waals surface area contributed by atoms with E-state index in [1.165, 1.54) is 18.2 Å². The summed E-state index contributed by atoms with van der Waals surface area (Å²) in [4.78, 5) is 27.4. The lowest BCUT2D eigenvalue weighted by atomic mass is 9.68. The molecule has 1 heterocycles. The molecule has 11 heteroatoms. The number of anilines is 1. The van der Waals surface area contributed by atoms with Crippen molar-refractivity contribution in [1.82, 2.24) is 0 Å². The van der Waals surface area contributed by atoms with E-state index in [-0.39, 0.29) is 27.9 Å². The molecular formula is C33H29Cl3N4O3S. The SMILES string of the molecule is Cc1cc(CSc2cc(Cl)ccc2Cl)c(C)c(C2C(C#N)=C(N)N(c3ccc([N+](=O)[O-])cc3Cl)C3=C2C(=O)CC(C)(C)C3)c1. The first-order valence-corrected chi connectivity index (χ1v) is 15.9. The Morgan fingerprint density at radius 1 is 1.09 bits per heavy atom. The van der Waals surface area contributed by atoms with Crippen LogP contribution in [-0.2, 0) is 10.5 Å². The van der Waals surface area contributed by atoms with Gasteiger partial charge in [-0.2, -0.15) is 5.26 Å². The van der Waals surface area contributed by atoms with Gasteiger partial charge in [0.05, 0.1) is 38.2 Å². The van der Waals surface area contributed by atoms with E-state index in [4.69, 9.17) is 40.5 Å². The van der Waals surface area contributed by atoms with Crippen molar-refractivity contribution in [3.8, 4) is 6.07 Å². The minimum atomic E-state index is -0.690. The molecule has 0 radical (unpaired) electrons. The molecule has 7 nitrogen and oxygen atoms in total. The molecule has 0 fully saturated rings. The lowest BCUT2D eigenvalue weighted by Crippen LogP contribution is -2.42. The summed E-state index contributed by atoms with van der Waals surface area (Å²) in [5, 5.41) is 23.2. The van der Waals surface area contributed by atoms with Gasteiger partial charge in [0, 0.05) is 45.5 Å². The van der Waals surface area contributed by atoms with Crippen LogP contribution in [0.2, 0.25) is 15.1 Å². The summed E-state index contributed by atoms with van der Waals surface area (Å²) in [6.45, 7) is 7.99. The van der Waals surface area contributed by atoms with E-state index in [9.17, 15) is 20.2 Å². The number of nitrogens with zero attached hydrogens (tertiary/aromatic N) is 3. The number of allylic oxidation sites excluding steroid dienone is 3. The van der Waals surface area contributed by atoms with Crippen molar-refractivity contribution in [3.63, 3.8) is 0 Å². The first-order chi connectivity index (χ1) is 20.7. The molecule has 1 aliphatic carbocycles. The number of nitro benzene ring substituents is 1. The Morgan fingerprint density at radius 2 is 1.82 bits per heavy atom. The maximum atomic E-state index is 14.1. The van der Waals surface area contributed by atoms with Crippen LogP contribution >= 0.6 is 46.6 Å². The minimum Gasteiger partial charge on any atom is -0.384 e. The lowest BCUT2D eigenvalue weighted by molar-refractivity contribution is -0.384. The predicted octanol–water partition coefficient (Wildman–Crippen LogP) is 9.41. The Hall–Kier alpha value is -3.48. The van der Waals surface area contributed by atoms with Crippen LogP contribution in [0.25, 0.3) is 0 Å². The number of aryl methyl sites for hydroxylation is 1. The van der Waals surface area contributed by atoms with E-state index in [0.717, 1.165) is 27.1 Å². The third-order valence-electron chi connectivity index (χ3n) is 8.05. The van der Waals surface area contributed by atoms with E-state index in [1.54, 1.807) is 28.8 Å². The standard InChI is InChI=1S/C33H29Cl3N4O3S/c1-17-9-19(16-44-29-11-20(34)5-7-24(29)35)18(2)22(10-17)30-23(15-37)32(38)39(26-8-6-21(40(42)43)12-25(26)36)27-13-33(3,4)14-28(41)31(27)30/h5-12,30H,13-14,16,38H2,1-4H3. The zero-order chi connectivity index (χ0) is 32.1. The highest BCUT2D eigenvalue weighted by molar-refractivity contribution is 7.98. The molecule has 0 saturated carbocycles. The van der Waals surface area contributed by atoms with Crippen LogP contribution in [0, 0.1) is 40.7 Å². The summed E-state index contributed by atoms with van der Waals surface area (Å²) in [7, 11) is 0. The summed E-state index contributed by atoms with van der Waals surface area (Å²) >= 11 is 20.8. The number of Topliss-reactive ketones (excluding diaryl/α,β-unsaturated/α-hetero) is 1. The lowest BCUT2D eigenvalue weighted by Gasteiger charge is -2.44. The smallest absolute Gasteiger partial charge is 0.271 e. The van der Waals surface area contributed by atoms with Gasteiger partial charge in [-0.15, -0.1) is 11.8 Å².